The fraction of sp³-hybridized carbons (Fsp3) is 0.190. The number of primary amides is 1. The van der Waals surface area contributed by atoms with E-state index < -0.39 is 13.0 Å². The first kappa shape index (κ1) is 21.0. The van der Waals surface area contributed by atoms with E-state index in [0.717, 1.165) is 16.8 Å². The van der Waals surface area contributed by atoms with Crippen molar-refractivity contribution in [2.45, 2.75) is 19.6 Å². The molecule has 0 fully saturated rings. The zero-order valence-electron chi connectivity index (χ0n) is 17.5. The molecule has 3 heterocycles. The summed E-state index contributed by atoms with van der Waals surface area (Å²) in [6, 6.07) is 12.1. The highest BCUT2D eigenvalue weighted by atomic mass is 16.5. The summed E-state index contributed by atoms with van der Waals surface area (Å²) in [5, 5.41) is 30.5. The Morgan fingerprint density at radius 2 is 2.06 bits per heavy atom. The summed E-state index contributed by atoms with van der Waals surface area (Å²) in [7, 11) is -1.54. The van der Waals surface area contributed by atoms with E-state index in [4.69, 9.17) is 15.5 Å². The van der Waals surface area contributed by atoms with Crippen LogP contribution in [0.4, 0.5) is 5.82 Å². The number of aromatic nitrogens is 5. The van der Waals surface area contributed by atoms with Crippen LogP contribution in [0.2, 0.25) is 0 Å². The molecule has 1 aliphatic heterocycles. The van der Waals surface area contributed by atoms with Gasteiger partial charge < -0.3 is 25.8 Å². The molecule has 5 N–H and O–H groups in total. The number of anilines is 1. The number of hydrogen-bond donors (Lipinski definition) is 4. The lowest BCUT2D eigenvalue weighted by atomic mass is 9.79. The largest absolute Gasteiger partial charge is 0.488 e. The van der Waals surface area contributed by atoms with Gasteiger partial charge in [0.1, 0.15) is 11.3 Å². The van der Waals surface area contributed by atoms with Gasteiger partial charge in [0.15, 0.2) is 0 Å². The first-order valence-corrected chi connectivity index (χ1v) is 10.3. The smallest absolute Gasteiger partial charge is 0.423 e. The van der Waals surface area contributed by atoms with E-state index in [9.17, 15) is 14.8 Å². The van der Waals surface area contributed by atoms with Crippen molar-refractivity contribution in [1.29, 1.82) is 0 Å². The second kappa shape index (κ2) is 8.58. The number of nitrogens with one attached hydrogen (secondary N) is 1. The predicted octanol–water partition coefficient (Wildman–Crippen LogP) is -0.326. The highest BCUT2D eigenvalue weighted by Gasteiger charge is 2.21. The molecule has 0 atom stereocenters. The number of rotatable bonds is 6. The molecule has 0 radical (unpaired) electrons. The van der Waals surface area contributed by atoms with Crippen molar-refractivity contribution in [3.63, 3.8) is 0 Å². The van der Waals surface area contributed by atoms with Gasteiger partial charge in [0.25, 0.3) is 11.9 Å². The predicted molar refractivity (Wildman–Crippen MR) is 120 cm³/mol. The van der Waals surface area contributed by atoms with E-state index in [1.807, 2.05) is 6.07 Å². The highest BCUT2D eigenvalue weighted by molar-refractivity contribution is 6.58. The minimum atomic E-state index is -1.54. The Morgan fingerprint density at radius 1 is 1.21 bits per heavy atom. The molecule has 0 aliphatic carbocycles. The van der Waals surface area contributed by atoms with Gasteiger partial charge in [-0.15, -0.1) is 5.10 Å². The third-order valence-corrected chi connectivity index (χ3v) is 5.46. The SMILES string of the molecule is NC(=O)c1cccc2c1nnn2-c1nc2c(c(NCc3cccc(B(O)O)c3)n1)CCOC2. The average Bonchev–Trinajstić information content (AvgIpc) is 3.26. The summed E-state index contributed by atoms with van der Waals surface area (Å²) in [6.07, 6.45) is 0.650. The van der Waals surface area contributed by atoms with Gasteiger partial charge in [0.05, 0.1) is 30.0 Å². The molecule has 33 heavy (non-hydrogen) atoms. The molecular weight excluding hydrogens is 425 g/mol. The zero-order chi connectivity index (χ0) is 22.9. The quantitative estimate of drug-likeness (QED) is 0.291. The van der Waals surface area contributed by atoms with Crippen LogP contribution in [0.5, 0.6) is 0 Å². The van der Waals surface area contributed by atoms with Crippen LogP contribution in [0.1, 0.15) is 27.2 Å². The number of carbonyl (C=O) groups is 1. The normalized spacial score (nSPS) is 13.0. The van der Waals surface area contributed by atoms with Gasteiger partial charge in [0.2, 0.25) is 0 Å². The standard InChI is InChI=1S/C21H20BN7O4/c23-19(30)15-5-2-6-17-18(15)27-28-29(17)21-25-16-11-33-8-7-14(16)20(26-21)24-10-12-3-1-4-13(9-12)22(31)32/h1-6,9,31-32H,7-8,10-11H2,(H2,23,30)(H,24,25,26). The van der Waals surface area contributed by atoms with Gasteiger partial charge in [-0.2, -0.15) is 9.67 Å². The Morgan fingerprint density at radius 3 is 2.88 bits per heavy atom. The van der Waals surface area contributed by atoms with Gasteiger partial charge >= 0.3 is 7.12 Å². The van der Waals surface area contributed by atoms with Gasteiger partial charge in [-0.05, 0) is 23.2 Å². The van der Waals surface area contributed by atoms with Crippen molar-refractivity contribution in [2.75, 3.05) is 11.9 Å². The summed E-state index contributed by atoms with van der Waals surface area (Å²) in [4.78, 5) is 21.1. The first-order valence-electron chi connectivity index (χ1n) is 10.3. The molecule has 0 unspecified atom stereocenters. The number of hydrogen-bond acceptors (Lipinski definition) is 9. The number of nitrogens with two attached hydrogens (primary N) is 1. The molecule has 0 saturated carbocycles. The molecule has 0 bridgehead atoms. The highest BCUT2D eigenvalue weighted by Crippen LogP contribution is 2.25. The Labute approximate surface area is 188 Å². The van der Waals surface area contributed by atoms with Crippen molar-refractivity contribution >= 4 is 35.3 Å². The molecule has 0 spiro atoms. The average molecular weight is 445 g/mol. The lowest BCUT2D eigenvalue weighted by Crippen LogP contribution is -2.30. The van der Waals surface area contributed by atoms with E-state index in [1.54, 1.807) is 36.4 Å². The summed E-state index contributed by atoms with van der Waals surface area (Å²) in [5.74, 6) is 0.318. The molecule has 12 heteroatoms. The van der Waals surface area contributed by atoms with Crippen LogP contribution < -0.4 is 16.5 Å². The van der Waals surface area contributed by atoms with E-state index in [0.29, 0.717) is 48.5 Å². The molecular formula is C21H20BN7O4. The van der Waals surface area contributed by atoms with Crippen LogP contribution in [0, 0.1) is 0 Å². The molecule has 2 aromatic heterocycles. The van der Waals surface area contributed by atoms with Crippen molar-refractivity contribution in [3.05, 3.63) is 64.8 Å². The lowest BCUT2D eigenvalue weighted by molar-refractivity contribution is 0.100. The Balaban J connectivity index is 1.54. The Hall–Kier alpha value is -3.87. The van der Waals surface area contributed by atoms with E-state index in [2.05, 4.69) is 20.6 Å². The summed E-state index contributed by atoms with van der Waals surface area (Å²) >= 11 is 0. The number of fused-ring (bicyclic) bond motifs is 2. The van der Waals surface area contributed by atoms with Crippen molar-refractivity contribution in [3.8, 4) is 5.95 Å². The number of benzene rings is 2. The second-order valence-electron chi connectivity index (χ2n) is 7.61. The molecule has 5 rings (SSSR count). The fourth-order valence-corrected chi connectivity index (χ4v) is 3.82. The van der Waals surface area contributed by atoms with Crippen LogP contribution in [0.15, 0.2) is 42.5 Å². The number of ether oxygens (including phenoxy) is 1. The molecule has 4 aromatic rings. The van der Waals surface area contributed by atoms with Crippen LogP contribution >= 0.6 is 0 Å². The maximum Gasteiger partial charge on any atom is 0.488 e. The van der Waals surface area contributed by atoms with E-state index in [1.165, 1.54) is 4.68 Å². The molecule has 11 nitrogen and oxygen atoms in total. The Kier molecular flexibility index (Phi) is 5.46. The molecule has 1 aliphatic rings. The van der Waals surface area contributed by atoms with Crippen LogP contribution in [-0.4, -0.2) is 54.6 Å². The second-order valence-corrected chi connectivity index (χ2v) is 7.61. The maximum absolute atomic E-state index is 11.7. The van der Waals surface area contributed by atoms with Crippen LogP contribution in [-0.2, 0) is 24.3 Å². The van der Waals surface area contributed by atoms with Gasteiger partial charge in [-0.25, -0.2) is 4.98 Å². The summed E-state index contributed by atoms with van der Waals surface area (Å²) in [6.45, 7) is 1.31. The lowest BCUT2D eigenvalue weighted by Gasteiger charge is -2.20. The van der Waals surface area contributed by atoms with Crippen LogP contribution in [0.25, 0.3) is 17.0 Å². The minimum absolute atomic E-state index is 0.268. The van der Waals surface area contributed by atoms with E-state index in [-0.39, 0.29) is 11.5 Å². The van der Waals surface area contributed by atoms with Gasteiger partial charge in [-0.1, -0.05) is 35.5 Å². The molecule has 1 amide bonds. The first-order chi connectivity index (χ1) is 16.0. The Bertz CT molecular complexity index is 1360. The van der Waals surface area contributed by atoms with Gasteiger partial charge in [0, 0.05) is 18.5 Å². The zero-order valence-corrected chi connectivity index (χ0v) is 17.5. The topological polar surface area (TPSA) is 161 Å². The van der Waals surface area contributed by atoms with Crippen molar-refractivity contribution < 1.29 is 19.6 Å². The molecule has 0 saturated heterocycles. The summed E-state index contributed by atoms with van der Waals surface area (Å²) in [5.41, 5.74) is 9.61. The van der Waals surface area contributed by atoms with Crippen molar-refractivity contribution in [1.82, 2.24) is 25.0 Å². The van der Waals surface area contributed by atoms with Crippen LogP contribution in [0.3, 0.4) is 0 Å². The number of carbonyl (C=O) groups excluding carboxylic acids is 1. The van der Waals surface area contributed by atoms with Crippen molar-refractivity contribution in [2.24, 2.45) is 5.73 Å². The maximum atomic E-state index is 11.7. The third-order valence-electron chi connectivity index (χ3n) is 5.46. The fourth-order valence-electron chi connectivity index (χ4n) is 3.82. The number of amides is 1. The van der Waals surface area contributed by atoms with Gasteiger partial charge in [-0.3, -0.25) is 4.79 Å². The molecule has 166 valence electrons. The monoisotopic (exact) mass is 445 g/mol. The minimum Gasteiger partial charge on any atom is -0.423 e. The summed E-state index contributed by atoms with van der Waals surface area (Å²) < 4.78 is 7.05. The third kappa shape index (κ3) is 4.02. The van der Waals surface area contributed by atoms with E-state index >= 15 is 0 Å². The molecule has 2 aromatic carbocycles. The number of nitrogens with zero attached hydrogens (tertiary/aromatic N) is 5.